The number of benzene rings is 1. The quantitative estimate of drug-likeness (QED) is 0.318. The molecular formula is C18H23N3O4. The molecule has 0 aromatic heterocycles. The van der Waals surface area contributed by atoms with Crippen molar-refractivity contribution in [2.45, 2.75) is 44.8 Å². The van der Waals surface area contributed by atoms with Gasteiger partial charge in [-0.3, -0.25) is 14.8 Å². The zero-order valence-electron chi connectivity index (χ0n) is 14.3. The van der Waals surface area contributed by atoms with Crippen molar-refractivity contribution in [3.8, 4) is 17.6 Å². The van der Waals surface area contributed by atoms with Crippen LogP contribution in [0.2, 0.25) is 0 Å². The maximum absolute atomic E-state index is 12.4. The number of rotatable bonds is 8. The van der Waals surface area contributed by atoms with Gasteiger partial charge in [-0.25, -0.2) is 5.48 Å². The van der Waals surface area contributed by atoms with Crippen LogP contribution in [0, 0.1) is 11.8 Å². The summed E-state index contributed by atoms with van der Waals surface area (Å²) in [6.45, 7) is 3.81. The van der Waals surface area contributed by atoms with Gasteiger partial charge in [0.2, 0.25) is 0 Å². The molecule has 0 bridgehead atoms. The van der Waals surface area contributed by atoms with Gasteiger partial charge in [0.05, 0.1) is 0 Å². The van der Waals surface area contributed by atoms with E-state index in [1.54, 1.807) is 43.6 Å². The summed E-state index contributed by atoms with van der Waals surface area (Å²) >= 11 is 0. The predicted molar refractivity (Wildman–Crippen MR) is 92.2 cm³/mol. The van der Waals surface area contributed by atoms with Gasteiger partial charge < -0.3 is 15.4 Å². The van der Waals surface area contributed by atoms with Crippen LogP contribution in [0.3, 0.4) is 0 Å². The lowest BCUT2D eigenvalue weighted by Gasteiger charge is -2.24. The highest BCUT2D eigenvalue weighted by molar-refractivity contribution is 5.97. The van der Waals surface area contributed by atoms with E-state index in [-0.39, 0.29) is 12.6 Å². The van der Waals surface area contributed by atoms with Gasteiger partial charge in [-0.15, -0.1) is 5.92 Å². The zero-order valence-corrected chi connectivity index (χ0v) is 14.3. The van der Waals surface area contributed by atoms with Crippen LogP contribution >= 0.6 is 0 Å². The van der Waals surface area contributed by atoms with Gasteiger partial charge in [0, 0.05) is 17.6 Å². The van der Waals surface area contributed by atoms with Crippen LogP contribution in [-0.4, -0.2) is 41.8 Å². The van der Waals surface area contributed by atoms with E-state index in [0.717, 1.165) is 12.8 Å². The number of carbonyl (C=O) groups is 2. The van der Waals surface area contributed by atoms with Crippen molar-refractivity contribution in [1.29, 1.82) is 0 Å². The average molecular weight is 345 g/mol. The van der Waals surface area contributed by atoms with Gasteiger partial charge in [0.15, 0.2) is 0 Å². The summed E-state index contributed by atoms with van der Waals surface area (Å²) in [7, 11) is 0. The molecule has 1 aliphatic rings. The maximum atomic E-state index is 12.4. The largest absolute Gasteiger partial charge is 0.481 e. The van der Waals surface area contributed by atoms with Crippen LogP contribution in [-0.2, 0) is 4.79 Å². The summed E-state index contributed by atoms with van der Waals surface area (Å²) in [6.07, 6.45) is 2.10. The van der Waals surface area contributed by atoms with Gasteiger partial charge in [-0.2, -0.15) is 0 Å². The van der Waals surface area contributed by atoms with Crippen LogP contribution < -0.4 is 20.9 Å². The first kappa shape index (κ1) is 18.8. The molecule has 134 valence electrons. The lowest BCUT2D eigenvalue weighted by atomic mass is 10.1. The van der Waals surface area contributed by atoms with E-state index in [2.05, 4.69) is 22.5 Å². The summed E-state index contributed by atoms with van der Waals surface area (Å²) in [5.74, 6) is 5.06. The summed E-state index contributed by atoms with van der Waals surface area (Å²) in [6, 6.07) is 5.73. The van der Waals surface area contributed by atoms with E-state index >= 15 is 0 Å². The maximum Gasteiger partial charge on any atom is 0.267 e. The highest BCUT2D eigenvalue weighted by Gasteiger charge is 2.31. The number of hydrogen-bond donors (Lipinski definition) is 4. The zero-order chi connectivity index (χ0) is 18.2. The highest BCUT2D eigenvalue weighted by atomic mass is 16.5. The Labute approximate surface area is 147 Å². The van der Waals surface area contributed by atoms with Crippen molar-refractivity contribution >= 4 is 11.8 Å². The van der Waals surface area contributed by atoms with Crippen molar-refractivity contribution in [2.24, 2.45) is 0 Å². The van der Waals surface area contributed by atoms with E-state index in [1.165, 1.54) is 0 Å². The van der Waals surface area contributed by atoms with E-state index in [0.29, 0.717) is 17.4 Å². The van der Waals surface area contributed by atoms with Gasteiger partial charge in [0.25, 0.3) is 11.8 Å². The molecule has 2 amide bonds. The second-order valence-corrected chi connectivity index (χ2v) is 5.90. The lowest BCUT2D eigenvalue weighted by Crippen LogP contribution is -2.56. The first-order chi connectivity index (χ1) is 12.0. The molecule has 7 nitrogen and oxygen atoms in total. The van der Waals surface area contributed by atoms with Crippen LogP contribution in [0.5, 0.6) is 5.75 Å². The van der Waals surface area contributed by atoms with Crippen LogP contribution in [0.1, 0.15) is 37.0 Å². The Hall–Kier alpha value is -2.56. The molecule has 4 N–H and O–H groups in total. The Morgan fingerprint density at radius 1 is 1.32 bits per heavy atom. The molecular weight excluding hydrogens is 322 g/mol. The molecule has 1 saturated carbocycles. The number of ether oxygens (including phenoxy) is 1. The second kappa shape index (κ2) is 9.06. The molecule has 0 radical (unpaired) electrons. The monoisotopic (exact) mass is 345 g/mol. The Kier molecular flexibility index (Phi) is 6.81. The van der Waals surface area contributed by atoms with Gasteiger partial charge in [-0.05, 0) is 51.0 Å². The molecule has 7 heteroatoms. The number of nitrogens with one attached hydrogen (secondary N) is 3. The van der Waals surface area contributed by atoms with E-state index in [9.17, 15) is 9.59 Å². The summed E-state index contributed by atoms with van der Waals surface area (Å²) in [4.78, 5) is 24.3. The Bertz CT molecular complexity index is 659. The third kappa shape index (κ3) is 5.78. The van der Waals surface area contributed by atoms with Crippen molar-refractivity contribution in [2.75, 3.05) is 6.61 Å². The number of carbonyl (C=O) groups excluding carboxylic acids is 2. The first-order valence-electron chi connectivity index (χ1n) is 8.18. The molecule has 0 spiro atoms. The second-order valence-electron chi connectivity index (χ2n) is 5.90. The molecule has 2 rings (SSSR count). The number of hydroxylamine groups is 1. The normalized spacial score (nSPS) is 15.3. The van der Waals surface area contributed by atoms with Crippen LogP contribution in [0.25, 0.3) is 0 Å². The van der Waals surface area contributed by atoms with Gasteiger partial charge in [-0.1, -0.05) is 5.92 Å². The third-order valence-electron chi connectivity index (χ3n) is 3.86. The Morgan fingerprint density at radius 2 is 2.00 bits per heavy atom. The standard InChI is InChI=1S/C18H23N3O4/c1-3-4-11-25-15-9-5-13(6-10-15)17(22)20-16(18(23)21-24)12(2)19-14-7-8-14/h5-6,9-10,12,14,16,19,24H,7-8,11H2,1-2H3,(H,20,22)(H,21,23)/t12-,16+/m1/s1. The molecule has 1 aromatic rings. The number of amides is 2. The predicted octanol–water partition coefficient (Wildman–Crippen LogP) is 0.833. The topological polar surface area (TPSA) is 99.7 Å². The first-order valence-corrected chi connectivity index (χ1v) is 8.18. The Morgan fingerprint density at radius 3 is 2.56 bits per heavy atom. The molecule has 25 heavy (non-hydrogen) atoms. The minimum atomic E-state index is -0.881. The van der Waals surface area contributed by atoms with Crippen LogP contribution in [0.4, 0.5) is 0 Å². The van der Waals surface area contributed by atoms with Gasteiger partial charge in [0.1, 0.15) is 18.4 Å². The molecule has 1 aliphatic carbocycles. The molecule has 1 aromatic carbocycles. The van der Waals surface area contributed by atoms with Crippen molar-refractivity contribution < 1.29 is 19.5 Å². The lowest BCUT2D eigenvalue weighted by molar-refractivity contribution is -0.131. The molecule has 0 heterocycles. The van der Waals surface area contributed by atoms with Crippen LogP contribution in [0.15, 0.2) is 24.3 Å². The van der Waals surface area contributed by atoms with Gasteiger partial charge >= 0.3 is 0 Å². The molecule has 0 saturated heterocycles. The van der Waals surface area contributed by atoms with Crippen molar-refractivity contribution in [3.05, 3.63) is 29.8 Å². The molecule has 2 atom stereocenters. The fourth-order valence-electron chi connectivity index (χ4n) is 2.32. The van der Waals surface area contributed by atoms with E-state index < -0.39 is 17.9 Å². The summed E-state index contributed by atoms with van der Waals surface area (Å²) in [5.41, 5.74) is 2.00. The number of hydrogen-bond acceptors (Lipinski definition) is 5. The fourth-order valence-corrected chi connectivity index (χ4v) is 2.32. The minimum absolute atomic E-state index is 0.283. The minimum Gasteiger partial charge on any atom is -0.481 e. The van der Waals surface area contributed by atoms with Crippen molar-refractivity contribution in [3.63, 3.8) is 0 Å². The molecule has 0 aliphatic heterocycles. The fraction of sp³-hybridized carbons (Fsp3) is 0.444. The smallest absolute Gasteiger partial charge is 0.267 e. The summed E-state index contributed by atoms with van der Waals surface area (Å²) in [5, 5.41) is 14.8. The summed E-state index contributed by atoms with van der Waals surface area (Å²) < 4.78 is 5.39. The van der Waals surface area contributed by atoms with Crippen molar-refractivity contribution in [1.82, 2.24) is 16.1 Å². The average Bonchev–Trinajstić information content (AvgIpc) is 3.43. The van der Waals surface area contributed by atoms with E-state index in [1.807, 2.05) is 0 Å². The highest BCUT2D eigenvalue weighted by Crippen LogP contribution is 2.20. The Balaban J connectivity index is 1.98. The molecule has 0 unspecified atom stereocenters. The molecule has 1 fully saturated rings. The SMILES string of the molecule is CC#CCOc1ccc(C(=O)N[C@H](C(=O)NO)[C@@H](C)NC2CC2)cc1. The third-order valence-corrected chi connectivity index (χ3v) is 3.86. The van der Waals surface area contributed by atoms with E-state index in [4.69, 9.17) is 9.94 Å².